The second-order valence-corrected chi connectivity index (χ2v) is 3.51. The average Bonchev–Trinajstić information content (AvgIpc) is 2.80. The predicted octanol–water partition coefficient (Wildman–Crippen LogP) is 2.97. The van der Waals surface area contributed by atoms with E-state index in [9.17, 15) is 0 Å². The van der Waals surface area contributed by atoms with Crippen molar-refractivity contribution in [3.05, 3.63) is 0 Å². The van der Waals surface area contributed by atoms with Crippen LogP contribution in [0.3, 0.4) is 0 Å². The van der Waals surface area contributed by atoms with Crippen LogP contribution in [0.25, 0.3) is 0 Å². The van der Waals surface area contributed by atoms with E-state index in [2.05, 4.69) is 6.92 Å². The van der Waals surface area contributed by atoms with Crippen molar-refractivity contribution < 1.29 is 9.47 Å². The topological polar surface area (TPSA) is 18.5 Å². The van der Waals surface area contributed by atoms with E-state index >= 15 is 0 Å². The summed E-state index contributed by atoms with van der Waals surface area (Å²) in [4.78, 5) is 0. The van der Waals surface area contributed by atoms with Crippen LogP contribution >= 0.6 is 0 Å². The second kappa shape index (κ2) is 4.97. The number of ether oxygens (including phenoxy) is 2. The van der Waals surface area contributed by atoms with Gasteiger partial charge in [-0.1, -0.05) is 20.8 Å². The van der Waals surface area contributed by atoms with Crippen LogP contribution in [0.1, 0.15) is 46.5 Å². The molecule has 0 aromatic rings. The first kappa shape index (κ1) is 11.0. The fraction of sp³-hybridized carbons (Fsp3) is 1.00. The maximum Gasteiger partial charge on any atom is 0.171 e. The largest absolute Gasteiger partial charge is 0.347 e. The molecule has 0 bridgehead atoms. The van der Waals surface area contributed by atoms with Gasteiger partial charge in [-0.25, -0.2) is 0 Å². The summed E-state index contributed by atoms with van der Waals surface area (Å²) in [6.45, 7) is 7.83. The minimum atomic E-state index is -0.144. The SMILES string of the molecule is CC.CCC1CCCC12OCCO2. The molecule has 0 aromatic heterocycles. The highest BCUT2D eigenvalue weighted by Gasteiger charge is 2.46. The third-order valence-electron chi connectivity index (χ3n) is 2.97. The molecule has 2 nitrogen and oxygen atoms in total. The summed E-state index contributed by atoms with van der Waals surface area (Å²) in [5, 5.41) is 0. The molecule has 1 saturated heterocycles. The lowest BCUT2D eigenvalue weighted by Crippen LogP contribution is -2.33. The molecule has 0 radical (unpaired) electrons. The second-order valence-electron chi connectivity index (χ2n) is 3.51. The van der Waals surface area contributed by atoms with Crippen molar-refractivity contribution in [1.82, 2.24) is 0 Å². The molecule has 1 aliphatic carbocycles. The highest BCUT2D eigenvalue weighted by Crippen LogP contribution is 2.43. The van der Waals surface area contributed by atoms with E-state index in [1.54, 1.807) is 0 Å². The summed E-state index contributed by atoms with van der Waals surface area (Å²) in [5.41, 5.74) is 0. The van der Waals surface area contributed by atoms with Gasteiger partial charge >= 0.3 is 0 Å². The Kier molecular flexibility index (Phi) is 4.20. The zero-order valence-corrected chi connectivity index (χ0v) is 9.14. The van der Waals surface area contributed by atoms with Gasteiger partial charge in [-0.2, -0.15) is 0 Å². The molecule has 1 spiro atoms. The van der Waals surface area contributed by atoms with Crippen molar-refractivity contribution in [3.63, 3.8) is 0 Å². The van der Waals surface area contributed by atoms with Gasteiger partial charge in [0.15, 0.2) is 5.79 Å². The minimum absolute atomic E-state index is 0.144. The zero-order valence-electron chi connectivity index (χ0n) is 9.14. The molecular weight excluding hydrogens is 164 g/mol. The van der Waals surface area contributed by atoms with E-state index < -0.39 is 0 Å². The van der Waals surface area contributed by atoms with E-state index in [1.807, 2.05) is 13.8 Å². The lowest BCUT2D eigenvalue weighted by atomic mass is 10.00. The van der Waals surface area contributed by atoms with Gasteiger partial charge in [0.25, 0.3) is 0 Å². The summed E-state index contributed by atoms with van der Waals surface area (Å²) in [6, 6.07) is 0. The minimum Gasteiger partial charge on any atom is -0.347 e. The summed E-state index contributed by atoms with van der Waals surface area (Å²) in [7, 11) is 0. The van der Waals surface area contributed by atoms with Crippen LogP contribution in [0.4, 0.5) is 0 Å². The molecule has 2 rings (SSSR count). The van der Waals surface area contributed by atoms with Gasteiger partial charge < -0.3 is 9.47 Å². The molecule has 1 unspecified atom stereocenters. The van der Waals surface area contributed by atoms with E-state index in [0.717, 1.165) is 19.6 Å². The first-order valence-electron chi connectivity index (χ1n) is 5.65. The number of rotatable bonds is 1. The normalized spacial score (nSPS) is 30.2. The van der Waals surface area contributed by atoms with E-state index in [-0.39, 0.29) is 5.79 Å². The Morgan fingerprint density at radius 1 is 1.23 bits per heavy atom. The first-order valence-corrected chi connectivity index (χ1v) is 5.65. The molecule has 0 N–H and O–H groups in total. The zero-order chi connectivity index (χ0) is 9.73. The third-order valence-corrected chi connectivity index (χ3v) is 2.97. The Bertz CT molecular complexity index is 134. The van der Waals surface area contributed by atoms with Crippen LogP contribution in [0.15, 0.2) is 0 Å². The molecule has 1 aliphatic heterocycles. The standard InChI is InChI=1S/C9H16O2.C2H6/c1-2-8-4-3-5-9(8)10-6-7-11-9;1-2/h8H,2-7H2,1H3;1-2H3. The molecule has 1 saturated carbocycles. The molecule has 0 amide bonds. The first-order chi connectivity index (χ1) is 6.37. The Balaban J connectivity index is 0.000000396. The highest BCUT2D eigenvalue weighted by atomic mass is 16.7. The number of hydrogen-bond donors (Lipinski definition) is 0. The molecular formula is C11H22O2. The fourth-order valence-corrected chi connectivity index (χ4v) is 2.38. The summed E-state index contributed by atoms with van der Waals surface area (Å²) < 4.78 is 11.4. The summed E-state index contributed by atoms with van der Waals surface area (Å²) >= 11 is 0. The maximum atomic E-state index is 5.68. The van der Waals surface area contributed by atoms with Crippen LogP contribution in [0.2, 0.25) is 0 Å². The van der Waals surface area contributed by atoms with Gasteiger partial charge in [-0.15, -0.1) is 0 Å². The Morgan fingerprint density at radius 3 is 2.38 bits per heavy atom. The van der Waals surface area contributed by atoms with Gasteiger partial charge in [0.1, 0.15) is 0 Å². The maximum absolute atomic E-state index is 5.68. The lowest BCUT2D eigenvalue weighted by Gasteiger charge is -2.28. The average molecular weight is 186 g/mol. The van der Waals surface area contributed by atoms with Crippen LogP contribution < -0.4 is 0 Å². The molecule has 2 aliphatic rings. The monoisotopic (exact) mass is 186 g/mol. The lowest BCUT2D eigenvalue weighted by molar-refractivity contribution is -0.181. The van der Waals surface area contributed by atoms with Crippen molar-refractivity contribution in [2.75, 3.05) is 13.2 Å². The predicted molar refractivity (Wildman–Crippen MR) is 53.6 cm³/mol. The van der Waals surface area contributed by atoms with Gasteiger partial charge in [0, 0.05) is 12.3 Å². The molecule has 1 atom stereocenters. The smallest absolute Gasteiger partial charge is 0.171 e. The fourth-order valence-electron chi connectivity index (χ4n) is 2.38. The highest BCUT2D eigenvalue weighted by molar-refractivity contribution is 4.87. The van der Waals surface area contributed by atoms with Crippen molar-refractivity contribution in [2.45, 2.75) is 52.2 Å². The van der Waals surface area contributed by atoms with Crippen molar-refractivity contribution in [1.29, 1.82) is 0 Å². The van der Waals surface area contributed by atoms with E-state index in [0.29, 0.717) is 5.92 Å². The van der Waals surface area contributed by atoms with Gasteiger partial charge in [-0.3, -0.25) is 0 Å². The van der Waals surface area contributed by atoms with Gasteiger partial charge in [0.05, 0.1) is 13.2 Å². The van der Waals surface area contributed by atoms with Crippen LogP contribution in [-0.2, 0) is 9.47 Å². The third kappa shape index (κ3) is 2.05. The van der Waals surface area contributed by atoms with E-state index in [4.69, 9.17) is 9.47 Å². The molecule has 78 valence electrons. The summed E-state index contributed by atoms with van der Waals surface area (Å²) in [6.07, 6.45) is 4.88. The van der Waals surface area contributed by atoms with Crippen LogP contribution in [0, 0.1) is 5.92 Å². The molecule has 2 heteroatoms. The molecule has 2 fully saturated rings. The Morgan fingerprint density at radius 2 is 1.85 bits per heavy atom. The number of hydrogen-bond acceptors (Lipinski definition) is 2. The summed E-state index contributed by atoms with van der Waals surface area (Å²) in [5.74, 6) is 0.513. The van der Waals surface area contributed by atoms with Crippen LogP contribution in [-0.4, -0.2) is 19.0 Å². The molecule has 13 heavy (non-hydrogen) atoms. The van der Waals surface area contributed by atoms with Crippen molar-refractivity contribution in [2.24, 2.45) is 5.92 Å². The Labute approximate surface area is 81.6 Å². The molecule has 0 aromatic carbocycles. The van der Waals surface area contributed by atoms with Gasteiger partial charge in [-0.05, 0) is 19.3 Å². The van der Waals surface area contributed by atoms with Crippen molar-refractivity contribution >= 4 is 0 Å². The van der Waals surface area contributed by atoms with E-state index in [1.165, 1.54) is 19.3 Å². The Hall–Kier alpha value is -0.0800. The molecule has 1 heterocycles. The quantitative estimate of drug-likeness (QED) is 0.627. The van der Waals surface area contributed by atoms with Gasteiger partial charge in [0.2, 0.25) is 0 Å². The van der Waals surface area contributed by atoms with Crippen LogP contribution in [0.5, 0.6) is 0 Å². The van der Waals surface area contributed by atoms with Crippen molar-refractivity contribution in [3.8, 4) is 0 Å².